The van der Waals surface area contributed by atoms with Crippen LogP contribution in [0.3, 0.4) is 0 Å². The molecule has 10 heteroatoms. The Morgan fingerprint density at radius 1 is 1.21 bits per heavy atom. The number of anilines is 2. The second kappa shape index (κ2) is 7.38. The Balaban J connectivity index is 2.13. The second-order valence-electron chi connectivity index (χ2n) is 4.39. The van der Waals surface area contributed by atoms with Gasteiger partial charge in [0.25, 0.3) is 5.69 Å². The van der Waals surface area contributed by atoms with Crippen molar-refractivity contribution < 1.29 is 19.2 Å². The molecule has 0 aliphatic rings. The van der Waals surface area contributed by atoms with Crippen molar-refractivity contribution in [3.05, 3.63) is 51.8 Å². The lowest BCUT2D eigenvalue weighted by Crippen LogP contribution is -2.29. The number of nitrogens with one attached hydrogen (secondary N) is 2. The molecule has 0 unspecified atom stereocenters. The first-order valence-electron chi connectivity index (χ1n) is 6.47. The number of carbonyl (C=O) groups excluding carboxylic acids is 2. The molecular weight excluding hydrogens is 340 g/mol. The maximum atomic E-state index is 11.9. The van der Waals surface area contributed by atoms with Gasteiger partial charge in [-0.1, -0.05) is 11.6 Å². The van der Waals surface area contributed by atoms with Crippen molar-refractivity contribution in [2.75, 3.05) is 17.7 Å². The van der Waals surface area contributed by atoms with Crippen LogP contribution in [-0.2, 0) is 9.59 Å². The zero-order valence-corrected chi connectivity index (χ0v) is 13.0. The molecule has 0 aliphatic carbocycles. The minimum absolute atomic E-state index is 0.0339. The number of ether oxygens (including phenoxy) is 1. The summed E-state index contributed by atoms with van der Waals surface area (Å²) in [5, 5.41) is 15.4. The predicted octanol–water partition coefficient (Wildman–Crippen LogP) is 2.23. The van der Waals surface area contributed by atoms with Crippen molar-refractivity contribution >= 4 is 40.5 Å². The molecule has 2 rings (SSSR count). The summed E-state index contributed by atoms with van der Waals surface area (Å²) in [7, 11) is 1.28. The molecule has 1 aromatic carbocycles. The molecule has 1 aromatic heterocycles. The number of nitro benzene ring substituents is 1. The van der Waals surface area contributed by atoms with Crippen LogP contribution < -0.4 is 15.4 Å². The van der Waals surface area contributed by atoms with E-state index in [9.17, 15) is 19.7 Å². The molecule has 1 heterocycles. The zero-order valence-electron chi connectivity index (χ0n) is 12.3. The van der Waals surface area contributed by atoms with Gasteiger partial charge >= 0.3 is 11.8 Å². The lowest BCUT2D eigenvalue weighted by atomic mass is 10.2. The minimum Gasteiger partial charge on any atom is -0.494 e. The third kappa shape index (κ3) is 3.96. The van der Waals surface area contributed by atoms with Gasteiger partial charge in [-0.2, -0.15) is 0 Å². The van der Waals surface area contributed by atoms with Crippen LogP contribution in [0.1, 0.15) is 0 Å². The predicted molar refractivity (Wildman–Crippen MR) is 86.2 cm³/mol. The molecule has 0 saturated heterocycles. The normalized spacial score (nSPS) is 9.92. The first kappa shape index (κ1) is 17.2. The fraction of sp³-hybridized carbons (Fsp3) is 0.0714. The molecule has 9 nitrogen and oxygen atoms in total. The largest absolute Gasteiger partial charge is 0.494 e. The van der Waals surface area contributed by atoms with E-state index in [4.69, 9.17) is 16.3 Å². The van der Waals surface area contributed by atoms with Gasteiger partial charge in [-0.05, 0) is 18.2 Å². The Bertz CT molecular complexity index is 812. The number of rotatable bonds is 4. The molecule has 2 aromatic rings. The number of aromatic nitrogens is 1. The molecule has 24 heavy (non-hydrogen) atoms. The van der Waals surface area contributed by atoms with Crippen LogP contribution in [0.2, 0.25) is 5.15 Å². The van der Waals surface area contributed by atoms with Crippen LogP contribution >= 0.6 is 11.6 Å². The van der Waals surface area contributed by atoms with E-state index in [-0.39, 0.29) is 28.0 Å². The maximum Gasteiger partial charge on any atom is 0.314 e. The monoisotopic (exact) mass is 350 g/mol. The minimum atomic E-state index is -0.998. The standard InChI is InChI=1S/C14H11ClN4O5/c1-24-11-7-8(19(22)23)4-5-9(11)17-13(20)14(21)18-10-3-2-6-16-12(10)15/h2-7H,1H3,(H,17,20)(H,18,21). The van der Waals surface area contributed by atoms with E-state index >= 15 is 0 Å². The van der Waals surface area contributed by atoms with Crippen LogP contribution in [0, 0.1) is 10.1 Å². The molecule has 0 saturated carbocycles. The van der Waals surface area contributed by atoms with Crippen LogP contribution in [0.4, 0.5) is 17.1 Å². The maximum absolute atomic E-state index is 11.9. The van der Waals surface area contributed by atoms with Gasteiger partial charge in [-0.15, -0.1) is 0 Å². The number of non-ortho nitro benzene ring substituents is 1. The van der Waals surface area contributed by atoms with E-state index in [0.29, 0.717) is 0 Å². The van der Waals surface area contributed by atoms with E-state index in [1.165, 1.54) is 31.5 Å². The number of pyridine rings is 1. The van der Waals surface area contributed by atoms with Gasteiger partial charge in [0.2, 0.25) is 0 Å². The highest BCUT2D eigenvalue weighted by atomic mass is 35.5. The molecule has 2 N–H and O–H groups in total. The van der Waals surface area contributed by atoms with Crippen molar-refractivity contribution in [1.82, 2.24) is 4.98 Å². The van der Waals surface area contributed by atoms with E-state index in [1.54, 1.807) is 6.07 Å². The number of benzene rings is 1. The highest BCUT2D eigenvalue weighted by molar-refractivity contribution is 6.44. The Morgan fingerprint density at radius 3 is 2.46 bits per heavy atom. The Hall–Kier alpha value is -3.20. The number of hydrogen-bond donors (Lipinski definition) is 2. The van der Waals surface area contributed by atoms with Gasteiger partial charge in [-0.3, -0.25) is 19.7 Å². The van der Waals surface area contributed by atoms with Crippen LogP contribution in [0.5, 0.6) is 5.75 Å². The molecule has 0 bridgehead atoms. The number of hydrogen-bond acceptors (Lipinski definition) is 6. The fourth-order valence-corrected chi connectivity index (χ4v) is 1.90. The highest BCUT2D eigenvalue weighted by Gasteiger charge is 2.19. The van der Waals surface area contributed by atoms with E-state index in [2.05, 4.69) is 15.6 Å². The number of nitro groups is 1. The SMILES string of the molecule is COc1cc([N+](=O)[O-])ccc1NC(=O)C(=O)Nc1cccnc1Cl. The summed E-state index contributed by atoms with van der Waals surface area (Å²) >= 11 is 5.79. The van der Waals surface area contributed by atoms with Crippen molar-refractivity contribution in [1.29, 1.82) is 0 Å². The van der Waals surface area contributed by atoms with Crippen LogP contribution in [0.25, 0.3) is 0 Å². The van der Waals surface area contributed by atoms with Crippen molar-refractivity contribution in [2.24, 2.45) is 0 Å². The lowest BCUT2D eigenvalue weighted by Gasteiger charge is -2.10. The number of nitrogens with zero attached hydrogens (tertiary/aromatic N) is 2. The molecule has 2 amide bonds. The molecule has 0 aliphatic heterocycles. The summed E-state index contributed by atoms with van der Waals surface area (Å²) in [6, 6.07) is 6.59. The third-order valence-corrected chi connectivity index (χ3v) is 3.16. The summed E-state index contributed by atoms with van der Waals surface area (Å²) in [6.07, 6.45) is 1.43. The lowest BCUT2D eigenvalue weighted by molar-refractivity contribution is -0.384. The van der Waals surface area contributed by atoms with Gasteiger partial charge in [0.15, 0.2) is 5.15 Å². The fourth-order valence-electron chi connectivity index (χ4n) is 1.73. The molecular formula is C14H11ClN4O5. The number of halogens is 1. The smallest absolute Gasteiger partial charge is 0.314 e. The number of carbonyl (C=O) groups is 2. The molecule has 0 atom stereocenters. The van der Waals surface area contributed by atoms with Crippen LogP contribution in [0.15, 0.2) is 36.5 Å². The van der Waals surface area contributed by atoms with Gasteiger partial charge in [0, 0.05) is 12.3 Å². The van der Waals surface area contributed by atoms with Crippen molar-refractivity contribution in [2.45, 2.75) is 0 Å². The van der Waals surface area contributed by atoms with Gasteiger partial charge in [0.1, 0.15) is 5.75 Å². The topological polar surface area (TPSA) is 123 Å². The van der Waals surface area contributed by atoms with Gasteiger partial charge < -0.3 is 15.4 Å². The quantitative estimate of drug-likeness (QED) is 0.377. The Labute approximate surface area is 140 Å². The van der Waals surface area contributed by atoms with E-state index in [0.717, 1.165) is 6.07 Å². The summed E-state index contributed by atoms with van der Waals surface area (Å²) in [6.45, 7) is 0. The summed E-state index contributed by atoms with van der Waals surface area (Å²) in [4.78, 5) is 37.7. The number of methoxy groups -OCH3 is 1. The van der Waals surface area contributed by atoms with Crippen molar-refractivity contribution in [3.63, 3.8) is 0 Å². The Kier molecular flexibility index (Phi) is 5.27. The second-order valence-corrected chi connectivity index (χ2v) is 4.75. The molecule has 0 radical (unpaired) electrons. The van der Waals surface area contributed by atoms with E-state index in [1.807, 2.05) is 0 Å². The molecule has 0 fully saturated rings. The third-order valence-electron chi connectivity index (χ3n) is 2.86. The average molecular weight is 351 g/mol. The van der Waals surface area contributed by atoms with Crippen molar-refractivity contribution in [3.8, 4) is 5.75 Å². The van der Waals surface area contributed by atoms with E-state index < -0.39 is 16.7 Å². The molecule has 124 valence electrons. The van der Waals surface area contributed by atoms with Gasteiger partial charge in [0.05, 0.1) is 29.5 Å². The summed E-state index contributed by atoms with van der Waals surface area (Å²) < 4.78 is 4.97. The summed E-state index contributed by atoms with van der Waals surface area (Å²) in [5.74, 6) is -1.93. The average Bonchev–Trinajstić information content (AvgIpc) is 2.56. The number of amides is 2. The zero-order chi connectivity index (χ0) is 17.7. The first-order valence-corrected chi connectivity index (χ1v) is 6.85. The van der Waals surface area contributed by atoms with Crippen LogP contribution in [-0.4, -0.2) is 28.8 Å². The first-order chi connectivity index (χ1) is 11.4. The summed E-state index contributed by atoms with van der Waals surface area (Å²) in [5.41, 5.74) is 0.0759. The molecule has 0 spiro atoms. The van der Waals surface area contributed by atoms with Gasteiger partial charge in [-0.25, -0.2) is 4.98 Å². The highest BCUT2D eigenvalue weighted by Crippen LogP contribution is 2.29. The Morgan fingerprint density at radius 2 is 1.88 bits per heavy atom.